The van der Waals surface area contributed by atoms with E-state index in [4.69, 9.17) is 16.3 Å². The molecule has 0 saturated carbocycles. The van der Waals surface area contributed by atoms with Crippen molar-refractivity contribution in [1.29, 1.82) is 0 Å². The van der Waals surface area contributed by atoms with Gasteiger partial charge in [0.1, 0.15) is 18.2 Å². The second kappa shape index (κ2) is 10.0. The maximum atomic E-state index is 12.9. The van der Waals surface area contributed by atoms with Crippen LogP contribution in [0.5, 0.6) is 5.75 Å². The van der Waals surface area contributed by atoms with Gasteiger partial charge in [-0.05, 0) is 30.3 Å². The first-order chi connectivity index (χ1) is 15.1. The van der Waals surface area contributed by atoms with Gasteiger partial charge in [0, 0.05) is 43.3 Å². The van der Waals surface area contributed by atoms with Crippen LogP contribution < -0.4 is 15.3 Å². The molecule has 0 N–H and O–H groups in total. The molecule has 1 saturated heterocycles. The van der Waals surface area contributed by atoms with E-state index >= 15 is 0 Å². The van der Waals surface area contributed by atoms with Crippen molar-refractivity contribution in [2.75, 3.05) is 37.7 Å². The number of rotatable bonds is 8. The Morgan fingerprint density at radius 1 is 1.03 bits per heavy atom. The first kappa shape index (κ1) is 21.5. The van der Waals surface area contributed by atoms with Crippen LogP contribution in [0.3, 0.4) is 0 Å². The molecule has 0 radical (unpaired) electrons. The summed E-state index contributed by atoms with van der Waals surface area (Å²) in [6.07, 6.45) is 0.704. The van der Waals surface area contributed by atoms with E-state index in [1.807, 2.05) is 55.5 Å². The fraction of sp³-hybridized carbons (Fsp3) is 0.391. The Hall–Kier alpha value is -2.77. The number of benzene rings is 2. The number of aryl methyl sites for hydroxylation is 1. The second-order valence-corrected chi connectivity index (χ2v) is 8.03. The molecule has 2 aromatic carbocycles. The molecule has 0 unspecified atom stereocenters. The third-order valence-corrected chi connectivity index (χ3v) is 5.76. The van der Waals surface area contributed by atoms with Crippen molar-refractivity contribution in [3.63, 3.8) is 0 Å². The maximum absolute atomic E-state index is 12.9. The molecule has 7 nitrogen and oxygen atoms in total. The quantitative estimate of drug-likeness (QED) is 0.537. The minimum atomic E-state index is -0.0780. The van der Waals surface area contributed by atoms with Gasteiger partial charge in [0.05, 0.1) is 13.2 Å². The van der Waals surface area contributed by atoms with Gasteiger partial charge in [-0.3, -0.25) is 9.47 Å². The lowest BCUT2D eigenvalue weighted by Crippen LogP contribution is -2.48. The SMILES string of the molecule is CCc1nn(CN2CCN(c3cccc(Cl)c3)CC2)c(=O)n1CCOc1ccccc1. The van der Waals surface area contributed by atoms with Gasteiger partial charge in [0.15, 0.2) is 0 Å². The van der Waals surface area contributed by atoms with E-state index in [0.717, 1.165) is 48.5 Å². The molecule has 1 aromatic heterocycles. The Morgan fingerprint density at radius 3 is 2.52 bits per heavy atom. The monoisotopic (exact) mass is 441 g/mol. The Kier molecular flexibility index (Phi) is 6.94. The summed E-state index contributed by atoms with van der Waals surface area (Å²) in [4.78, 5) is 17.5. The number of hydrogen-bond donors (Lipinski definition) is 0. The predicted octanol–water partition coefficient (Wildman–Crippen LogP) is 3.12. The summed E-state index contributed by atoms with van der Waals surface area (Å²) in [6, 6.07) is 17.6. The predicted molar refractivity (Wildman–Crippen MR) is 123 cm³/mol. The zero-order valence-corrected chi connectivity index (χ0v) is 18.5. The van der Waals surface area contributed by atoms with E-state index in [1.165, 1.54) is 0 Å². The normalized spacial score (nSPS) is 14.7. The largest absolute Gasteiger partial charge is 0.492 e. The number of ether oxygens (including phenoxy) is 1. The molecule has 3 aromatic rings. The third kappa shape index (κ3) is 5.29. The Bertz CT molecular complexity index is 1040. The molecule has 1 aliphatic rings. The smallest absolute Gasteiger partial charge is 0.347 e. The molecule has 1 aliphatic heterocycles. The molecule has 4 rings (SSSR count). The first-order valence-corrected chi connectivity index (χ1v) is 11.1. The lowest BCUT2D eigenvalue weighted by molar-refractivity contribution is 0.191. The molecular weight excluding hydrogens is 414 g/mol. The number of halogens is 1. The van der Waals surface area contributed by atoms with Crippen LogP contribution in [0.15, 0.2) is 59.4 Å². The van der Waals surface area contributed by atoms with E-state index in [9.17, 15) is 4.79 Å². The molecule has 0 aliphatic carbocycles. The molecule has 8 heteroatoms. The highest BCUT2D eigenvalue weighted by Crippen LogP contribution is 2.20. The van der Waals surface area contributed by atoms with Gasteiger partial charge in [-0.25, -0.2) is 4.79 Å². The van der Waals surface area contributed by atoms with Crippen molar-refractivity contribution in [2.24, 2.45) is 0 Å². The van der Waals surface area contributed by atoms with Gasteiger partial charge in [0.25, 0.3) is 0 Å². The summed E-state index contributed by atoms with van der Waals surface area (Å²) in [7, 11) is 0. The minimum absolute atomic E-state index is 0.0780. The summed E-state index contributed by atoms with van der Waals surface area (Å²) >= 11 is 6.12. The van der Waals surface area contributed by atoms with E-state index < -0.39 is 0 Å². The van der Waals surface area contributed by atoms with Gasteiger partial charge < -0.3 is 9.64 Å². The number of aromatic nitrogens is 3. The summed E-state index contributed by atoms with van der Waals surface area (Å²) in [5.74, 6) is 1.60. The zero-order valence-electron chi connectivity index (χ0n) is 17.8. The lowest BCUT2D eigenvalue weighted by Gasteiger charge is -2.35. The average molecular weight is 442 g/mol. The topological polar surface area (TPSA) is 55.5 Å². The average Bonchev–Trinajstić information content (AvgIpc) is 3.09. The van der Waals surface area contributed by atoms with Crippen molar-refractivity contribution < 1.29 is 4.74 Å². The van der Waals surface area contributed by atoms with Crippen LogP contribution in [0, 0.1) is 0 Å². The molecule has 2 heterocycles. The highest BCUT2D eigenvalue weighted by atomic mass is 35.5. The summed E-state index contributed by atoms with van der Waals surface area (Å²) in [5.41, 5.74) is 1.06. The number of nitrogens with zero attached hydrogens (tertiary/aromatic N) is 5. The number of piperazine rings is 1. The summed E-state index contributed by atoms with van der Waals surface area (Å²) < 4.78 is 9.07. The van der Waals surface area contributed by atoms with Gasteiger partial charge >= 0.3 is 5.69 Å². The van der Waals surface area contributed by atoms with Crippen molar-refractivity contribution >= 4 is 17.3 Å². The van der Waals surface area contributed by atoms with Crippen LogP contribution in [-0.4, -0.2) is 52.0 Å². The third-order valence-electron chi connectivity index (χ3n) is 5.52. The molecule has 31 heavy (non-hydrogen) atoms. The molecule has 0 spiro atoms. The number of para-hydroxylation sites is 1. The Labute approximate surface area is 187 Å². The van der Waals surface area contributed by atoms with Crippen LogP contribution in [0.4, 0.5) is 5.69 Å². The zero-order chi connectivity index (χ0) is 21.6. The fourth-order valence-electron chi connectivity index (χ4n) is 3.85. The van der Waals surface area contributed by atoms with E-state index in [-0.39, 0.29) is 5.69 Å². The van der Waals surface area contributed by atoms with Crippen molar-refractivity contribution in [3.8, 4) is 5.75 Å². The van der Waals surface area contributed by atoms with Gasteiger partial charge in [-0.2, -0.15) is 9.78 Å². The Morgan fingerprint density at radius 2 is 1.81 bits per heavy atom. The van der Waals surface area contributed by atoms with E-state index in [1.54, 1.807) is 9.25 Å². The van der Waals surface area contributed by atoms with Gasteiger partial charge in [-0.15, -0.1) is 0 Å². The molecule has 1 fully saturated rings. The summed E-state index contributed by atoms with van der Waals surface area (Å²) in [6.45, 7) is 6.95. The number of hydrogen-bond acceptors (Lipinski definition) is 5. The minimum Gasteiger partial charge on any atom is -0.492 e. The van der Waals surface area contributed by atoms with Gasteiger partial charge in [0.2, 0.25) is 0 Å². The molecule has 164 valence electrons. The van der Waals surface area contributed by atoms with Crippen molar-refractivity contribution in [1.82, 2.24) is 19.2 Å². The van der Waals surface area contributed by atoms with Gasteiger partial charge in [-0.1, -0.05) is 42.8 Å². The summed E-state index contributed by atoms with van der Waals surface area (Å²) in [5, 5.41) is 5.33. The fourth-order valence-corrected chi connectivity index (χ4v) is 4.03. The van der Waals surface area contributed by atoms with Crippen LogP contribution >= 0.6 is 11.6 Å². The molecule has 0 bridgehead atoms. The highest BCUT2D eigenvalue weighted by Gasteiger charge is 2.20. The van der Waals surface area contributed by atoms with Crippen molar-refractivity contribution in [2.45, 2.75) is 26.6 Å². The molecular formula is C23H28ClN5O2. The lowest BCUT2D eigenvalue weighted by atomic mass is 10.2. The van der Waals surface area contributed by atoms with Crippen LogP contribution in [0.2, 0.25) is 5.02 Å². The van der Waals surface area contributed by atoms with Crippen LogP contribution in [-0.2, 0) is 19.6 Å². The van der Waals surface area contributed by atoms with E-state index in [2.05, 4.69) is 21.0 Å². The van der Waals surface area contributed by atoms with Crippen molar-refractivity contribution in [3.05, 3.63) is 75.9 Å². The molecule has 0 atom stereocenters. The van der Waals surface area contributed by atoms with E-state index in [0.29, 0.717) is 26.2 Å². The number of anilines is 1. The van der Waals surface area contributed by atoms with Crippen LogP contribution in [0.25, 0.3) is 0 Å². The highest BCUT2D eigenvalue weighted by molar-refractivity contribution is 6.30. The standard InChI is InChI=1S/C23H28ClN5O2/c1-2-22-25-29(23(30)28(22)15-16-31-21-9-4-3-5-10-21)18-26-11-13-27(14-12-26)20-8-6-7-19(24)17-20/h3-10,17H,2,11-16,18H2,1H3. The second-order valence-electron chi connectivity index (χ2n) is 7.59. The molecule has 0 amide bonds. The Balaban J connectivity index is 1.35. The first-order valence-electron chi connectivity index (χ1n) is 10.7. The maximum Gasteiger partial charge on any atom is 0.347 e. The van der Waals surface area contributed by atoms with Crippen LogP contribution in [0.1, 0.15) is 12.7 Å².